The van der Waals surface area contributed by atoms with Crippen molar-refractivity contribution in [2.24, 2.45) is 5.16 Å². The summed E-state index contributed by atoms with van der Waals surface area (Å²) in [5, 5.41) is 8.82. The Morgan fingerprint density at radius 2 is 1.75 bits per heavy atom. The minimum absolute atomic E-state index is 0.464. The van der Waals surface area contributed by atoms with Crippen molar-refractivity contribution in [3.8, 4) is 11.5 Å². The smallest absolute Gasteiger partial charge is 0.137 e. The molecule has 0 aliphatic heterocycles. The molecule has 0 bridgehead atoms. The van der Waals surface area contributed by atoms with E-state index in [1.807, 2.05) is 36.4 Å². The first-order chi connectivity index (χ1) is 11.7. The first-order valence-corrected chi connectivity index (χ1v) is 7.58. The van der Waals surface area contributed by atoms with Gasteiger partial charge in [0.05, 0.1) is 6.54 Å². The molecule has 24 heavy (non-hydrogen) atoms. The second kappa shape index (κ2) is 7.61. The van der Waals surface area contributed by atoms with E-state index in [0.717, 1.165) is 22.8 Å². The summed E-state index contributed by atoms with van der Waals surface area (Å²) >= 11 is 5.87. The van der Waals surface area contributed by atoms with Crippen LogP contribution in [-0.2, 0) is 11.4 Å². The molecule has 0 N–H and O–H groups in total. The average Bonchev–Trinajstić information content (AvgIpc) is 3.10. The Bertz CT molecular complexity index is 800. The summed E-state index contributed by atoms with van der Waals surface area (Å²) < 4.78 is 7.45. The van der Waals surface area contributed by atoms with Crippen molar-refractivity contribution >= 4 is 17.3 Å². The monoisotopic (exact) mass is 342 g/mol. The molecule has 122 valence electrons. The molecule has 1 heterocycles. The number of nitrogens with zero attached hydrogens (tertiary/aromatic N) is 4. The first-order valence-electron chi connectivity index (χ1n) is 7.21. The topological polar surface area (TPSA) is 61.5 Å². The van der Waals surface area contributed by atoms with Gasteiger partial charge in [0.15, 0.2) is 0 Å². The molecule has 6 nitrogen and oxygen atoms in total. The van der Waals surface area contributed by atoms with Crippen LogP contribution in [-0.4, -0.2) is 27.6 Å². The Kier molecular flexibility index (Phi) is 5.08. The van der Waals surface area contributed by atoms with Gasteiger partial charge in [-0.2, -0.15) is 5.10 Å². The Hall–Kier alpha value is -2.86. The van der Waals surface area contributed by atoms with E-state index >= 15 is 0 Å². The number of ether oxygens (including phenoxy) is 1. The predicted molar refractivity (Wildman–Crippen MR) is 91.5 cm³/mol. The molecule has 1 aromatic heterocycles. The summed E-state index contributed by atoms with van der Waals surface area (Å²) in [5.74, 6) is 1.44. The molecule has 0 aliphatic rings. The summed E-state index contributed by atoms with van der Waals surface area (Å²) in [5.41, 5.74) is 1.65. The molecule has 3 rings (SSSR count). The summed E-state index contributed by atoms with van der Waals surface area (Å²) in [7, 11) is 1.51. The van der Waals surface area contributed by atoms with Gasteiger partial charge in [-0.25, -0.2) is 9.67 Å². The molecule has 7 heteroatoms. The quantitative estimate of drug-likeness (QED) is 0.505. The molecule has 0 radical (unpaired) electrons. The van der Waals surface area contributed by atoms with Crippen LogP contribution in [0.2, 0.25) is 5.02 Å². The number of hydrogen-bond acceptors (Lipinski definition) is 5. The Balaban J connectivity index is 1.74. The van der Waals surface area contributed by atoms with Crippen LogP contribution in [0.5, 0.6) is 11.5 Å². The minimum atomic E-state index is 0.464. The molecule has 0 saturated heterocycles. The van der Waals surface area contributed by atoms with Crippen molar-refractivity contribution < 1.29 is 9.57 Å². The normalized spacial score (nSPS) is 11.3. The van der Waals surface area contributed by atoms with E-state index < -0.39 is 0 Å². The van der Waals surface area contributed by atoms with Crippen LogP contribution < -0.4 is 4.74 Å². The van der Waals surface area contributed by atoms with E-state index in [1.165, 1.54) is 13.4 Å². The molecule has 0 saturated carbocycles. The highest BCUT2D eigenvalue weighted by atomic mass is 35.5. The number of hydrogen-bond donors (Lipinski definition) is 0. The van der Waals surface area contributed by atoms with Gasteiger partial charge < -0.3 is 9.57 Å². The van der Waals surface area contributed by atoms with Crippen LogP contribution in [0.25, 0.3) is 0 Å². The lowest BCUT2D eigenvalue weighted by Crippen LogP contribution is -2.12. The number of rotatable bonds is 6. The third-order valence-electron chi connectivity index (χ3n) is 3.22. The fourth-order valence-corrected chi connectivity index (χ4v) is 2.23. The van der Waals surface area contributed by atoms with E-state index in [1.54, 1.807) is 23.1 Å². The van der Waals surface area contributed by atoms with E-state index in [0.29, 0.717) is 11.6 Å². The Morgan fingerprint density at radius 3 is 2.33 bits per heavy atom. The van der Waals surface area contributed by atoms with Crippen LogP contribution in [0.15, 0.2) is 66.3 Å². The molecule has 0 aliphatic carbocycles. The lowest BCUT2D eigenvalue weighted by molar-refractivity contribution is 0.212. The highest BCUT2D eigenvalue weighted by molar-refractivity contribution is 6.30. The lowest BCUT2D eigenvalue weighted by atomic mass is 10.1. The molecule has 0 atom stereocenters. The lowest BCUT2D eigenvalue weighted by Gasteiger charge is -2.09. The molecule has 0 unspecified atom stereocenters. The summed E-state index contributed by atoms with van der Waals surface area (Å²) in [6.45, 7) is 0.464. The molecular formula is C17H15ClN4O2. The van der Waals surface area contributed by atoms with E-state index in [4.69, 9.17) is 21.2 Å². The molecule has 0 spiro atoms. The first kappa shape index (κ1) is 16.0. The number of halogens is 1. The van der Waals surface area contributed by atoms with Gasteiger partial charge in [0, 0.05) is 10.6 Å². The van der Waals surface area contributed by atoms with Gasteiger partial charge in [-0.05, 0) is 48.5 Å². The van der Waals surface area contributed by atoms with Crippen molar-refractivity contribution in [2.45, 2.75) is 6.54 Å². The van der Waals surface area contributed by atoms with Gasteiger partial charge in [0.1, 0.15) is 37.0 Å². The van der Waals surface area contributed by atoms with Gasteiger partial charge in [-0.3, -0.25) is 0 Å². The second-order valence-electron chi connectivity index (χ2n) is 4.89. The zero-order valence-corrected chi connectivity index (χ0v) is 13.7. The van der Waals surface area contributed by atoms with E-state index in [-0.39, 0.29) is 0 Å². The largest absolute Gasteiger partial charge is 0.457 e. The van der Waals surface area contributed by atoms with Crippen molar-refractivity contribution in [3.05, 3.63) is 71.8 Å². The van der Waals surface area contributed by atoms with Crippen LogP contribution >= 0.6 is 11.6 Å². The molecular weight excluding hydrogens is 328 g/mol. The fourth-order valence-electron chi connectivity index (χ4n) is 2.10. The van der Waals surface area contributed by atoms with Crippen LogP contribution in [0, 0.1) is 0 Å². The van der Waals surface area contributed by atoms with Gasteiger partial charge in [0.25, 0.3) is 0 Å². The zero-order chi connectivity index (χ0) is 16.8. The Morgan fingerprint density at radius 1 is 1.08 bits per heavy atom. The van der Waals surface area contributed by atoms with Crippen LogP contribution in [0.1, 0.15) is 5.56 Å². The van der Waals surface area contributed by atoms with Crippen molar-refractivity contribution in [2.75, 3.05) is 7.11 Å². The van der Waals surface area contributed by atoms with Crippen LogP contribution in [0.3, 0.4) is 0 Å². The maximum absolute atomic E-state index is 5.87. The highest BCUT2D eigenvalue weighted by Gasteiger charge is 2.07. The molecule has 3 aromatic rings. The van der Waals surface area contributed by atoms with Gasteiger partial charge in [0.2, 0.25) is 0 Å². The van der Waals surface area contributed by atoms with Crippen molar-refractivity contribution in [1.29, 1.82) is 0 Å². The predicted octanol–water partition coefficient (Wildman–Crippen LogP) is 3.77. The second-order valence-corrected chi connectivity index (χ2v) is 5.33. The minimum Gasteiger partial charge on any atom is -0.457 e. The Labute approximate surface area is 144 Å². The standard InChI is InChI=1S/C17H15ClN4O2/c1-23-21-17(10-22-12-19-11-20-22)13-2-6-15(7-3-13)24-16-8-4-14(18)5-9-16/h2-9,11-12H,10H2,1H3/b21-17-. The van der Waals surface area contributed by atoms with Crippen LogP contribution in [0.4, 0.5) is 0 Å². The molecule has 0 fully saturated rings. The van der Waals surface area contributed by atoms with Gasteiger partial charge >= 0.3 is 0 Å². The van der Waals surface area contributed by atoms with E-state index in [2.05, 4.69) is 15.2 Å². The maximum Gasteiger partial charge on any atom is 0.137 e. The van der Waals surface area contributed by atoms with Gasteiger partial charge in [-0.15, -0.1) is 0 Å². The highest BCUT2D eigenvalue weighted by Crippen LogP contribution is 2.23. The number of aromatic nitrogens is 3. The maximum atomic E-state index is 5.87. The molecule has 2 aromatic carbocycles. The summed E-state index contributed by atoms with van der Waals surface area (Å²) in [6, 6.07) is 14.8. The summed E-state index contributed by atoms with van der Waals surface area (Å²) in [4.78, 5) is 8.85. The van der Waals surface area contributed by atoms with Gasteiger partial charge in [-0.1, -0.05) is 16.8 Å². The zero-order valence-electron chi connectivity index (χ0n) is 13.0. The number of benzene rings is 2. The molecule has 0 amide bonds. The van der Waals surface area contributed by atoms with Crippen molar-refractivity contribution in [1.82, 2.24) is 14.8 Å². The fraction of sp³-hybridized carbons (Fsp3) is 0.118. The van der Waals surface area contributed by atoms with Crippen molar-refractivity contribution in [3.63, 3.8) is 0 Å². The van der Waals surface area contributed by atoms with E-state index in [9.17, 15) is 0 Å². The third kappa shape index (κ3) is 4.11. The third-order valence-corrected chi connectivity index (χ3v) is 3.47. The number of oxime groups is 1. The average molecular weight is 343 g/mol. The summed E-state index contributed by atoms with van der Waals surface area (Å²) in [6.07, 6.45) is 3.11. The SMILES string of the molecule is CO/N=C(/Cn1cncn1)c1ccc(Oc2ccc(Cl)cc2)cc1.